The molecule has 142 valence electrons. The van der Waals surface area contributed by atoms with Gasteiger partial charge in [0.25, 0.3) is 0 Å². The fourth-order valence-electron chi connectivity index (χ4n) is 2.96. The molecule has 0 heterocycles. The Hall–Kier alpha value is -2.53. The number of rotatable bonds is 12. The second kappa shape index (κ2) is 12.8. The fourth-order valence-corrected chi connectivity index (χ4v) is 2.96. The molecule has 2 heteroatoms. The van der Waals surface area contributed by atoms with Crippen LogP contribution >= 0.6 is 0 Å². The fraction of sp³-hybridized carbons (Fsp3) is 0.400. The van der Waals surface area contributed by atoms with E-state index in [4.69, 9.17) is 10.00 Å². The average Bonchev–Trinajstić information content (AvgIpc) is 2.72. The van der Waals surface area contributed by atoms with Crippen molar-refractivity contribution in [2.45, 2.75) is 58.3 Å². The number of nitriles is 1. The van der Waals surface area contributed by atoms with E-state index in [1.54, 1.807) is 0 Å². The Bertz CT molecular complexity index is 707. The molecule has 0 radical (unpaired) electrons. The van der Waals surface area contributed by atoms with Gasteiger partial charge in [-0.15, -0.1) is 0 Å². The summed E-state index contributed by atoms with van der Waals surface area (Å²) in [4.78, 5) is 0. The first-order valence-electron chi connectivity index (χ1n) is 10.2. The van der Waals surface area contributed by atoms with E-state index in [1.807, 2.05) is 36.4 Å². The van der Waals surface area contributed by atoms with Gasteiger partial charge < -0.3 is 4.74 Å². The maximum absolute atomic E-state index is 8.83. The minimum Gasteiger partial charge on any atom is -0.494 e. The monoisotopic (exact) mass is 361 g/mol. The van der Waals surface area contributed by atoms with Crippen molar-refractivity contribution in [3.8, 4) is 11.8 Å². The summed E-state index contributed by atoms with van der Waals surface area (Å²) in [5, 5.41) is 8.83. The van der Waals surface area contributed by atoms with E-state index < -0.39 is 0 Å². The second-order valence-electron chi connectivity index (χ2n) is 6.96. The molecule has 0 aliphatic heterocycles. The molecule has 2 aromatic rings. The van der Waals surface area contributed by atoms with Crippen molar-refractivity contribution in [2.75, 3.05) is 6.61 Å². The van der Waals surface area contributed by atoms with Crippen LogP contribution in [0.2, 0.25) is 0 Å². The lowest BCUT2D eigenvalue weighted by molar-refractivity contribution is 0.304. The van der Waals surface area contributed by atoms with Gasteiger partial charge in [0.15, 0.2) is 0 Å². The minimum atomic E-state index is 0.685. The van der Waals surface area contributed by atoms with Crippen molar-refractivity contribution in [3.05, 3.63) is 65.2 Å². The lowest BCUT2D eigenvalue weighted by Gasteiger charge is -2.06. The molecule has 0 unspecified atom stereocenters. The Morgan fingerprint density at radius 3 is 1.81 bits per heavy atom. The highest BCUT2D eigenvalue weighted by Gasteiger charge is 1.96. The van der Waals surface area contributed by atoms with Crippen LogP contribution in [0.5, 0.6) is 5.75 Å². The number of hydrogen-bond acceptors (Lipinski definition) is 2. The summed E-state index contributed by atoms with van der Waals surface area (Å²) in [5.41, 5.74) is 2.91. The van der Waals surface area contributed by atoms with Crippen molar-refractivity contribution in [1.29, 1.82) is 5.26 Å². The van der Waals surface area contributed by atoms with Gasteiger partial charge in [-0.05, 0) is 41.8 Å². The maximum atomic E-state index is 8.83. The zero-order chi connectivity index (χ0) is 19.2. The first-order valence-corrected chi connectivity index (χ1v) is 10.2. The molecular formula is C25H31NO. The Labute approximate surface area is 164 Å². The molecule has 2 aromatic carbocycles. The number of hydrogen-bond donors (Lipinski definition) is 0. The molecule has 27 heavy (non-hydrogen) atoms. The second-order valence-corrected chi connectivity index (χ2v) is 6.96. The van der Waals surface area contributed by atoms with Crippen LogP contribution in [-0.2, 0) is 0 Å². The molecule has 0 aliphatic rings. The lowest BCUT2D eigenvalue weighted by atomic mass is 10.1. The van der Waals surface area contributed by atoms with Crippen LogP contribution in [-0.4, -0.2) is 6.61 Å². The number of ether oxygens (including phenoxy) is 1. The third-order valence-electron chi connectivity index (χ3n) is 4.65. The standard InChI is InChI=1S/C25H31NO/c1-2-3-4-5-6-7-8-9-20-27-25-18-16-23(17-19-25)11-10-22-12-14-24(21-26)15-13-22/h10-19H,2-9,20H2,1H3. The number of nitrogens with zero attached hydrogens (tertiary/aromatic N) is 1. The largest absolute Gasteiger partial charge is 0.494 e. The summed E-state index contributed by atoms with van der Waals surface area (Å²) >= 11 is 0. The molecule has 0 fully saturated rings. The lowest BCUT2D eigenvalue weighted by Crippen LogP contribution is -1.97. The van der Waals surface area contributed by atoms with Gasteiger partial charge in [-0.2, -0.15) is 5.26 Å². The molecule has 0 aliphatic carbocycles. The van der Waals surface area contributed by atoms with Crippen molar-refractivity contribution in [2.24, 2.45) is 0 Å². The molecule has 0 spiro atoms. The van der Waals surface area contributed by atoms with E-state index in [2.05, 4.69) is 37.3 Å². The molecule has 0 bridgehead atoms. The summed E-state index contributed by atoms with van der Waals surface area (Å²) in [7, 11) is 0. The number of benzene rings is 2. The number of unbranched alkanes of at least 4 members (excludes halogenated alkanes) is 7. The summed E-state index contributed by atoms with van der Waals surface area (Å²) < 4.78 is 5.84. The first-order chi connectivity index (χ1) is 13.3. The zero-order valence-corrected chi connectivity index (χ0v) is 16.5. The van der Waals surface area contributed by atoms with E-state index >= 15 is 0 Å². The van der Waals surface area contributed by atoms with E-state index in [0.717, 1.165) is 29.9 Å². The van der Waals surface area contributed by atoms with E-state index in [1.165, 1.54) is 44.9 Å². The molecule has 2 rings (SSSR count). The summed E-state index contributed by atoms with van der Waals surface area (Å²) in [6, 6.07) is 17.9. The summed E-state index contributed by atoms with van der Waals surface area (Å²) in [6.07, 6.45) is 14.7. The zero-order valence-electron chi connectivity index (χ0n) is 16.5. The average molecular weight is 362 g/mol. The van der Waals surface area contributed by atoms with Gasteiger partial charge in [0.2, 0.25) is 0 Å². The van der Waals surface area contributed by atoms with Gasteiger partial charge in [0, 0.05) is 0 Å². The van der Waals surface area contributed by atoms with E-state index in [9.17, 15) is 0 Å². The SMILES string of the molecule is CCCCCCCCCCOc1ccc(C=Cc2ccc(C#N)cc2)cc1. The molecule has 0 saturated carbocycles. The molecule has 0 amide bonds. The Morgan fingerprint density at radius 2 is 1.26 bits per heavy atom. The molecule has 0 N–H and O–H groups in total. The highest BCUT2D eigenvalue weighted by Crippen LogP contribution is 2.16. The van der Waals surface area contributed by atoms with E-state index in [0.29, 0.717) is 5.56 Å². The van der Waals surface area contributed by atoms with Gasteiger partial charge in [-0.1, -0.05) is 88.3 Å². The molecule has 2 nitrogen and oxygen atoms in total. The molecule has 0 atom stereocenters. The predicted octanol–water partition coefficient (Wildman–Crippen LogP) is 7.25. The van der Waals surface area contributed by atoms with Gasteiger partial charge in [0.1, 0.15) is 5.75 Å². The summed E-state index contributed by atoms with van der Waals surface area (Å²) in [5.74, 6) is 0.938. The third kappa shape index (κ3) is 8.60. The van der Waals surface area contributed by atoms with Crippen LogP contribution in [0.25, 0.3) is 12.2 Å². The van der Waals surface area contributed by atoms with Gasteiger partial charge in [0.05, 0.1) is 18.2 Å². The van der Waals surface area contributed by atoms with Crippen molar-refractivity contribution < 1.29 is 4.74 Å². The Kier molecular flexibility index (Phi) is 9.82. The van der Waals surface area contributed by atoms with Crippen LogP contribution in [0.3, 0.4) is 0 Å². The topological polar surface area (TPSA) is 33.0 Å². The summed E-state index contributed by atoms with van der Waals surface area (Å²) in [6.45, 7) is 3.06. The molecular weight excluding hydrogens is 330 g/mol. The first kappa shape index (κ1) is 20.8. The van der Waals surface area contributed by atoms with Crippen LogP contribution in [0.4, 0.5) is 0 Å². The highest BCUT2D eigenvalue weighted by atomic mass is 16.5. The maximum Gasteiger partial charge on any atom is 0.119 e. The minimum absolute atomic E-state index is 0.685. The predicted molar refractivity (Wildman–Crippen MR) is 115 cm³/mol. The smallest absolute Gasteiger partial charge is 0.119 e. The molecule has 0 saturated heterocycles. The van der Waals surface area contributed by atoms with E-state index in [-0.39, 0.29) is 0 Å². The van der Waals surface area contributed by atoms with Crippen molar-refractivity contribution >= 4 is 12.2 Å². The van der Waals surface area contributed by atoms with Gasteiger partial charge >= 0.3 is 0 Å². The normalized spacial score (nSPS) is 10.8. The van der Waals surface area contributed by atoms with Crippen LogP contribution in [0.15, 0.2) is 48.5 Å². The van der Waals surface area contributed by atoms with Crippen LogP contribution < -0.4 is 4.74 Å². The van der Waals surface area contributed by atoms with Crippen LogP contribution in [0, 0.1) is 11.3 Å². The van der Waals surface area contributed by atoms with Crippen LogP contribution in [0.1, 0.15) is 75.0 Å². The third-order valence-corrected chi connectivity index (χ3v) is 4.65. The Morgan fingerprint density at radius 1 is 0.741 bits per heavy atom. The van der Waals surface area contributed by atoms with Crippen molar-refractivity contribution in [1.82, 2.24) is 0 Å². The Balaban J connectivity index is 1.64. The van der Waals surface area contributed by atoms with Gasteiger partial charge in [-0.25, -0.2) is 0 Å². The highest BCUT2D eigenvalue weighted by molar-refractivity contribution is 5.70. The van der Waals surface area contributed by atoms with Gasteiger partial charge in [-0.3, -0.25) is 0 Å². The molecule has 0 aromatic heterocycles. The van der Waals surface area contributed by atoms with Crippen molar-refractivity contribution in [3.63, 3.8) is 0 Å². The quantitative estimate of drug-likeness (QED) is 0.295.